The lowest BCUT2D eigenvalue weighted by Crippen LogP contribution is -2.17. The topological polar surface area (TPSA) is 84.5 Å². The number of halogens is 6. The third kappa shape index (κ3) is 6.56. The molecule has 0 saturated carbocycles. The van der Waals surface area contributed by atoms with Crippen molar-refractivity contribution >= 4 is 38.9 Å². The third-order valence-electron chi connectivity index (χ3n) is 3.96. The maximum atomic E-state index is 13.3. The van der Waals surface area contributed by atoms with Gasteiger partial charge in [-0.25, -0.2) is 17.2 Å². The van der Waals surface area contributed by atoms with E-state index in [0.29, 0.717) is 6.07 Å². The molecule has 33 heavy (non-hydrogen) atoms. The molecule has 174 valence electrons. The molecule has 0 aliphatic rings. The Bertz CT molecular complexity index is 1280. The largest absolute Gasteiger partial charge is 0.573 e. The van der Waals surface area contributed by atoms with Gasteiger partial charge in [-0.3, -0.25) is 9.52 Å². The Kier molecular flexibility index (Phi) is 6.79. The number of carbonyl (C=O) groups excluding carboxylic acids is 1. The van der Waals surface area contributed by atoms with E-state index in [9.17, 15) is 35.2 Å². The van der Waals surface area contributed by atoms with Gasteiger partial charge in [-0.05, 0) is 54.6 Å². The van der Waals surface area contributed by atoms with E-state index >= 15 is 0 Å². The second-order valence-corrected chi connectivity index (χ2v) is 8.52. The summed E-state index contributed by atoms with van der Waals surface area (Å²) in [4.78, 5) is 11.9. The molecule has 2 N–H and O–H groups in total. The quantitative estimate of drug-likeness (QED) is 0.428. The molecule has 0 aliphatic carbocycles. The lowest BCUT2D eigenvalue weighted by atomic mass is 10.2. The SMILES string of the molecule is O=C(Nc1cc(S(=O)(=O)Nc2ccc(OC(F)(F)F)cc2)ccc1Cl)c1cc(F)cc(F)c1. The van der Waals surface area contributed by atoms with Crippen LogP contribution in [0.1, 0.15) is 10.4 Å². The first-order valence-corrected chi connectivity index (χ1v) is 10.6. The van der Waals surface area contributed by atoms with E-state index in [-0.39, 0.29) is 26.9 Å². The highest BCUT2D eigenvalue weighted by Crippen LogP contribution is 2.28. The average Bonchev–Trinajstić information content (AvgIpc) is 2.69. The Hall–Kier alpha value is -3.38. The van der Waals surface area contributed by atoms with Crippen molar-refractivity contribution in [3.63, 3.8) is 0 Å². The molecule has 0 bridgehead atoms. The number of nitrogens with one attached hydrogen (secondary N) is 2. The summed E-state index contributed by atoms with van der Waals surface area (Å²) >= 11 is 5.99. The zero-order chi connectivity index (χ0) is 24.4. The van der Waals surface area contributed by atoms with E-state index in [4.69, 9.17) is 11.6 Å². The molecule has 13 heteroatoms. The molecule has 0 aliphatic heterocycles. The number of benzene rings is 3. The fourth-order valence-corrected chi connectivity index (χ4v) is 3.83. The summed E-state index contributed by atoms with van der Waals surface area (Å²) in [6.45, 7) is 0. The Morgan fingerprint density at radius 2 is 1.52 bits per heavy atom. The first-order chi connectivity index (χ1) is 15.3. The van der Waals surface area contributed by atoms with Gasteiger partial charge in [-0.15, -0.1) is 13.2 Å². The minimum absolute atomic E-state index is 0.0622. The maximum absolute atomic E-state index is 13.3. The lowest BCUT2D eigenvalue weighted by Gasteiger charge is -2.13. The number of ether oxygens (including phenoxy) is 1. The van der Waals surface area contributed by atoms with Crippen LogP contribution in [0, 0.1) is 11.6 Å². The van der Waals surface area contributed by atoms with Crippen LogP contribution in [0.4, 0.5) is 33.3 Å². The second-order valence-electron chi connectivity index (χ2n) is 6.43. The second kappa shape index (κ2) is 9.24. The summed E-state index contributed by atoms with van der Waals surface area (Å²) in [7, 11) is -4.26. The Labute approximate surface area is 189 Å². The van der Waals surface area contributed by atoms with Gasteiger partial charge in [-0.2, -0.15) is 0 Å². The van der Waals surface area contributed by atoms with Crippen molar-refractivity contribution in [3.8, 4) is 5.75 Å². The van der Waals surface area contributed by atoms with Crippen LogP contribution in [0.2, 0.25) is 5.02 Å². The normalized spacial score (nSPS) is 11.7. The molecule has 0 heterocycles. The highest BCUT2D eigenvalue weighted by Gasteiger charge is 2.31. The van der Waals surface area contributed by atoms with E-state index < -0.39 is 39.7 Å². The van der Waals surface area contributed by atoms with Gasteiger partial charge in [0.15, 0.2) is 0 Å². The summed E-state index contributed by atoms with van der Waals surface area (Å²) in [6.07, 6.45) is -4.90. The molecule has 3 aromatic carbocycles. The summed E-state index contributed by atoms with van der Waals surface area (Å²) < 4.78 is 94.5. The maximum Gasteiger partial charge on any atom is 0.573 e. The van der Waals surface area contributed by atoms with Crippen molar-refractivity contribution in [2.75, 3.05) is 10.0 Å². The highest BCUT2D eigenvalue weighted by molar-refractivity contribution is 7.92. The van der Waals surface area contributed by atoms with Gasteiger partial charge >= 0.3 is 6.36 Å². The zero-order valence-corrected chi connectivity index (χ0v) is 17.7. The van der Waals surface area contributed by atoms with Crippen LogP contribution in [-0.4, -0.2) is 20.7 Å². The van der Waals surface area contributed by atoms with Crippen LogP contribution in [0.25, 0.3) is 0 Å². The molecule has 0 spiro atoms. The fourth-order valence-electron chi connectivity index (χ4n) is 2.59. The van der Waals surface area contributed by atoms with E-state index in [2.05, 4.69) is 14.8 Å². The Balaban J connectivity index is 1.80. The summed E-state index contributed by atoms with van der Waals surface area (Å²) in [5, 5.41) is 2.20. The van der Waals surface area contributed by atoms with Gasteiger partial charge in [-0.1, -0.05) is 11.6 Å². The monoisotopic (exact) mass is 506 g/mol. The van der Waals surface area contributed by atoms with E-state index in [0.717, 1.165) is 54.6 Å². The van der Waals surface area contributed by atoms with Crippen LogP contribution in [0.15, 0.2) is 65.6 Å². The summed E-state index contributed by atoms with van der Waals surface area (Å²) in [6, 6.07) is 9.34. The standard InChI is InChI=1S/C20H12ClF5N2O4S/c21-17-6-5-16(10-18(17)27-19(29)11-7-12(22)9-13(23)8-11)33(30,31)28-14-1-3-15(4-2-14)32-20(24,25)26/h1-10,28H,(H,27,29). The van der Waals surface area contributed by atoms with Crippen molar-refractivity contribution in [2.45, 2.75) is 11.3 Å². The first-order valence-electron chi connectivity index (χ1n) is 8.78. The van der Waals surface area contributed by atoms with E-state index in [1.807, 2.05) is 0 Å². The van der Waals surface area contributed by atoms with Gasteiger partial charge in [0.05, 0.1) is 15.6 Å². The number of rotatable bonds is 6. The minimum Gasteiger partial charge on any atom is -0.406 e. The number of hydrogen-bond donors (Lipinski definition) is 2. The molecule has 6 nitrogen and oxygen atoms in total. The Morgan fingerprint density at radius 1 is 0.909 bits per heavy atom. The smallest absolute Gasteiger partial charge is 0.406 e. The van der Waals surface area contributed by atoms with E-state index in [1.165, 1.54) is 0 Å². The number of hydrogen-bond acceptors (Lipinski definition) is 4. The molecule has 0 fully saturated rings. The predicted octanol–water partition coefficient (Wildman–Crippen LogP) is 5.57. The average molecular weight is 507 g/mol. The number of anilines is 2. The van der Waals surface area contributed by atoms with Crippen molar-refractivity contribution in [2.24, 2.45) is 0 Å². The van der Waals surface area contributed by atoms with E-state index in [1.54, 1.807) is 0 Å². The zero-order valence-electron chi connectivity index (χ0n) is 16.1. The minimum atomic E-state index is -4.90. The molecule has 3 aromatic rings. The molecule has 3 rings (SSSR count). The molecule has 0 radical (unpaired) electrons. The predicted molar refractivity (Wildman–Crippen MR) is 110 cm³/mol. The fraction of sp³-hybridized carbons (Fsp3) is 0.0500. The number of alkyl halides is 3. The number of amides is 1. The molecule has 0 unspecified atom stereocenters. The molecular weight excluding hydrogens is 495 g/mol. The summed E-state index contributed by atoms with van der Waals surface area (Å²) in [5.41, 5.74) is -0.598. The van der Waals surface area contributed by atoms with Gasteiger partial charge in [0.2, 0.25) is 0 Å². The van der Waals surface area contributed by atoms with Crippen molar-refractivity contribution in [3.05, 3.63) is 82.9 Å². The van der Waals surface area contributed by atoms with Gasteiger partial charge < -0.3 is 10.1 Å². The first kappa shape index (κ1) is 24.3. The molecule has 0 aromatic heterocycles. The van der Waals surface area contributed by atoms with Crippen LogP contribution in [-0.2, 0) is 10.0 Å². The van der Waals surface area contributed by atoms with Crippen LogP contribution in [0.5, 0.6) is 5.75 Å². The number of sulfonamides is 1. The highest BCUT2D eigenvalue weighted by atomic mass is 35.5. The molecule has 1 amide bonds. The number of carbonyl (C=O) groups is 1. The molecule has 0 atom stereocenters. The molecular formula is C20H12ClF5N2O4S. The van der Waals surface area contributed by atoms with Crippen molar-refractivity contribution in [1.82, 2.24) is 0 Å². The van der Waals surface area contributed by atoms with Crippen LogP contribution < -0.4 is 14.8 Å². The third-order valence-corrected chi connectivity index (χ3v) is 5.67. The van der Waals surface area contributed by atoms with Crippen LogP contribution in [0.3, 0.4) is 0 Å². The van der Waals surface area contributed by atoms with Crippen LogP contribution >= 0.6 is 11.6 Å². The lowest BCUT2D eigenvalue weighted by molar-refractivity contribution is -0.274. The van der Waals surface area contributed by atoms with Crippen molar-refractivity contribution in [1.29, 1.82) is 0 Å². The van der Waals surface area contributed by atoms with Gasteiger partial charge in [0.25, 0.3) is 15.9 Å². The van der Waals surface area contributed by atoms with Gasteiger partial charge in [0.1, 0.15) is 17.4 Å². The molecule has 0 saturated heterocycles. The van der Waals surface area contributed by atoms with Crippen molar-refractivity contribution < 1.29 is 39.9 Å². The van der Waals surface area contributed by atoms with Gasteiger partial charge in [0, 0.05) is 17.3 Å². The Morgan fingerprint density at radius 3 is 2.09 bits per heavy atom. The summed E-state index contributed by atoms with van der Waals surface area (Å²) in [5.74, 6) is -3.47.